The lowest BCUT2D eigenvalue weighted by molar-refractivity contribution is 0.531. The summed E-state index contributed by atoms with van der Waals surface area (Å²) < 4.78 is 30.2. The number of hydrogen-bond acceptors (Lipinski definition) is 6. The molecule has 0 bridgehead atoms. The van der Waals surface area contributed by atoms with Gasteiger partial charge in [-0.05, 0) is 42.5 Å². The minimum atomic E-state index is -3.71. The van der Waals surface area contributed by atoms with Gasteiger partial charge in [0.25, 0.3) is 5.56 Å². The Labute approximate surface area is 160 Å². The topological polar surface area (TPSA) is 112 Å². The van der Waals surface area contributed by atoms with Crippen LogP contribution in [0.15, 0.2) is 76.7 Å². The molecule has 0 spiro atoms. The molecular formula is C18H16N6O3S. The van der Waals surface area contributed by atoms with E-state index in [4.69, 9.17) is 0 Å². The summed E-state index contributed by atoms with van der Waals surface area (Å²) in [6.45, 7) is 0.0808. The van der Waals surface area contributed by atoms with Crippen molar-refractivity contribution >= 4 is 20.9 Å². The zero-order valence-electron chi connectivity index (χ0n) is 14.6. The van der Waals surface area contributed by atoms with Gasteiger partial charge in [-0.25, -0.2) is 22.5 Å². The molecule has 0 atom stereocenters. The molecular weight excluding hydrogens is 380 g/mol. The van der Waals surface area contributed by atoms with Gasteiger partial charge in [0.1, 0.15) is 5.52 Å². The van der Waals surface area contributed by atoms with Gasteiger partial charge in [-0.2, -0.15) is 5.10 Å². The van der Waals surface area contributed by atoms with Crippen molar-refractivity contribution in [3.05, 3.63) is 77.3 Å². The lowest BCUT2D eigenvalue weighted by Gasteiger charge is -2.09. The molecule has 1 N–H and O–H groups in total. The summed E-state index contributed by atoms with van der Waals surface area (Å²) in [6, 6.07) is 15.0. The van der Waals surface area contributed by atoms with Crippen LogP contribution < -0.4 is 10.3 Å². The third-order valence-corrected chi connectivity index (χ3v) is 5.64. The van der Waals surface area contributed by atoms with E-state index < -0.39 is 10.0 Å². The van der Waals surface area contributed by atoms with E-state index in [-0.39, 0.29) is 23.5 Å². The summed E-state index contributed by atoms with van der Waals surface area (Å²) in [7, 11) is -3.71. The number of fused-ring (bicyclic) bond motifs is 1. The Morgan fingerprint density at radius 3 is 2.54 bits per heavy atom. The maximum atomic E-state index is 12.5. The maximum absolute atomic E-state index is 12.5. The van der Waals surface area contributed by atoms with Gasteiger partial charge in [0.05, 0.1) is 22.5 Å². The minimum Gasteiger partial charge on any atom is -0.267 e. The van der Waals surface area contributed by atoms with Gasteiger partial charge in [-0.15, -0.1) is 5.10 Å². The molecule has 0 unspecified atom stereocenters. The molecule has 2 heterocycles. The Bertz CT molecular complexity index is 1260. The van der Waals surface area contributed by atoms with Crippen LogP contribution in [0.3, 0.4) is 0 Å². The molecule has 0 amide bonds. The van der Waals surface area contributed by atoms with Crippen LogP contribution in [0.2, 0.25) is 0 Å². The van der Waals surface area contributed by atoms with Crippen LogP contribution in [0.5, 0.6) is 0 Å². The van der Waals surface area contributed by atoms with E-state index in [0.717, 1.165) is 10.4 Å². The molecule has 2 aromatic heterocycles. The maximum Gasteiger partial charge on any atom is 0.277 e. The van der Waals surface area contributed by atoms with Crippen LogP contribution in [0.4, 0.5) is 0 Å². The van der Waals surface area contributed by atoms with Crippen LogP contribution in [0.1, 0.15) is 0 Å². The Hall–Kier alpha value is -3.37. The van der Waals surface area contributed by atoms with Crippen LogP contribution in [0, 0.1) is 0 Å². The van der Waals surface area contributed by atoms with Crippen molar-refractivity contribution in [1.29, 1.82) is 0 Å². The molecule has 2 aromatic carbocycles. The van der Waals surface area contributed by atoms with Crippen LogP contribution in [-0.4, -0.2) is 39.7 Å². The summed E-state index contributed by atoms with van der Waals surface area (Å²) in [5.74, 6) is 0. The normalized spacial score (nSPS) is 11.7. The molecule has 9 nitrogen and oxygen atoms in total. The van der Waals surface area contributed by atoms with Crippen molar-refractivity contribution in [3.8, 4) is 5.69 Å². The van der Waals surface area contributed by atoms with E-state index >= 15 is 0 Å². The quantitative estimate of drug-likeness (QED) is 0.519. The smallest absolute Gasteiger partial charge is 0.267 e. The molecule has 0 aliphatic heterocycles. The summed E-state index contributed by atoms with van der Waals surface area (Å²) in [5.41, 5.74) is 0.942. The Morgan fingerprint density at radius 2 is 1.79 bits per heavy atom. The molecule has 0 aliphatic carbocycles. The lowest BCUT2D eigenvalue weighted by atomic mass is 10.2. The van der Waals surface area contributed by atoms with Crippen molar-refractivity contribution in [2.45, 2.75) is 11.4 Å². The number of rotatable bonds is 6. The molecule has 0 fully saturated rings. The van der Waals surface area contributed by atoms with Crippen LogP contribution >= 0.6 is 0 Å². The van der Waals surface area contributed by atoms with Crippen molar-refractivity contribution in [3.63, 3.8) is 0 Å². The fraction of sp³-hybridized carbons (Fsp3) is 0.111. The Morgan fingerprint density at radius 1 is 1.00 bits per heavy atom. The van der Waals surface area contributed by atoms with Gasteiger partial charge in [0.15, 0.2) is 0 Å². The third-order valence-electron chi connectivity index (χ3n) is 4.16. The molecule has 28 heavy (non-hydrogen) atoms. The Kier molecular flexibility index (Phi) is 4.72. The van der Waals surface area contributed by atoms with E-state index in [0.29, 0.717) is 10.9 Å². The number of benzene rings is 2. The second kappa shape index (κ2) is 7.33. The van der Waals surface area contributed by atoms with Gasteiger partial charge < -0.3 is 0 Å². The first kappa shape index (κ1) is 18.0. The van der Waals surface area contributed by atoms with Crippen molar-refractivity contribution in [1.82, 2.24) is 29.5 Å². The molecule has 0 radical (unpaired) electrons. The highest BCUT2D eigenvalue weighted by Gasteiger charge is 2.14. The van der Waals surface area contributed by atoms with E-state index in [1.807, 2.05) is 0 Å². The van der Waals surface area contributed by atoms with Crippen molar-refractivity contribution in [2.24, 2.45) is 0 Å². The second-order valence-corrected chi connectivity index (χ2v) is 7.74. The first-order chi connectivity index (χ1) is 13.5. The SMILES string of the molecule is O=c1c2ccccc2nnn1CCNS(=O)(=O)c1ccc(-n2cccn2)cc1. The number of nitrogens with zero attached hydrogens (tertiary/aromatic N) is 5. The average Bonchev–Trinajstić information content (AvgIpc) is 3.25. The summed E-state index contributed by atoms with van der Waals surface area (Å²) >= 11 is 0. The largest absolute Gasteiger partial charge is 0.277 e. The summed E-state index contributed by atoms with van der Waals surface area (Å²) in [4.78, 5) is 12.5. The zero-order valence-corrected chi connectivity index (χ0v) is 15.5. The van der Waals surface area contributed by atoms with Crippen molar-refractivity contribution < 1.29 is 8.42 Å². The van der Waals surface area contributed by atoms with Gasteiger partial charge >= 0.3 is 0 Å². The molecule has 4 rings (SSSR count). The first-order valence-corrected chi connectivity index (χ1v) is 9.95. The molecule has 10 heteroatoms. The fourth-order valence-corrected chi connectivity index (χ4v) is 3.76. The highest BCUT2D eigenvalue weighted by molar-refractivity contribution is 7.89. The molecule has 0 aliphatic rings. The van der Waals surface area contributed by atoms with Gasteiger partial charge in [0.2, 0.25) is 10.0 Å². The van der Waals surface area contributed by atoms with E-state index in [9.17, 15) is 13.2 Å². The fourth-order valence-electron chi connectivity index (χ4n) is 2.74. The van der Waals surface area contributed by atoms with Gasteiger partial charge in [-0.3, -0.25) is 4.79 Å². The van der Waals surface area contributed by atoms with Gasteiger partial charge in [0, 0.05) is 18.9 Å². The highest BCUT2D eigenvalue weighted by atomic mass is 32.2. The summed E-state index contributed by atoms with van der Waals surface area (Å²) in [5, 5.41) is 12.4. The highest BCUT2D eigenvalue weighted by Crippen LogP contribution is 2.13. The number of hydrogen-bond donors (Lipinski definition) is 1. The van der Waals surface area contributed by atoms with Crippen molar-refractivity contribution in [2.75, 3.05) is 6.54 Å². The molecule has 0 saturated heterocycles. The molecule has 142 valence electrons. The lowest BCUT2D eigenvalue weighted by Crippen LogP contribution is -2.32. The minimum absolute atomic E-state index is 0.0101. The average molecular weight is 396 g/mol. The third kappa shape index (κ3) is 3.55. The van der Waals surface area contributed by atoms with E-state index in [1.54, 1.807) is 59.5 Å². The monoisotopic (exact) mass is 396 g/mol. The predicted molar refractivity (Wildman–Crippen MR) is 103 cm³/mol. The predicted octanol–water partition coefficient (Wildman–Crippen LogP) is 0.956. The van der Waals surface area contributed by atoms with Crippen LogP contribution in [-0.2, 0) is 16.6 Å². The zero-order chi connectivity index (χ0) is 19.6. The van der Waals surface area contributed by atoms with E-state index in [1.165, 1.54) is 12.1 Å². The Balaban J connectivity index is 1.46. The standard InChI is InChI=1S/C18H16N6O3S/c25-18-16-4-1-2-5-17(16)21-22-24(18)13-11-20-28(26,27)15-8-6-14(7-9-15)23-12-3-10-19-23/h1-10,12,20H,11,13H2. The second-order valence-electron chi connectivity index (χ2n) is 5.98. The molecule has 0 saturated carbocycles. The number of aromatic nitrogens is 5. The molecule has 4 aromatic rings. The number of sulfonamides is 1. The summed E-state index contributed by atoms with van der Waals surface area (Å²) in [6.07, 6.45) is 3.41. The van der Waals surface area contributed by atoms with Crippen LogP contribution in [0.25, 0.3) is 16.6 Å². The van der Waals surface area contributed by atoms with Gasteiger partial charge in [-0.1, -0.05) is 17.3 Å². The number of nitrogens with one attached hydrogen (secondary N) is 1. The first-order valence-electron chi connectivity index (χ1n) is 8.47. The van der Waals surface area contributed by atoms with E-state index in [2.05, 4.69) is 20.1 Å².